The first-order valence-corrected chi connectivity index (χ1v) is 8.45. The van der Waals surface area contributed by atoms with Crippen LogP contribution in [-0.4, -0.2) is 48.1 Å². The molecule has 8 nitrogen and oxygen atoms in total. The highest BCUT2D eigenvalue weighted by Crippen LogP contribution is 2.24. The third-order valence-corrected chi connectivity index (χ3v) is 4.01. The van der Waals surface area contributed by atoms with Gasteiger partial charge in [-0.15, -0.1) is 0 Å². The normalized spacial score (nSPS) is 13.5. The number of aromatic nitrogens is 2. The Hall–Kier alpha value is -3.07. The molecule has 3 rings (SSSR count). The predicted octanol–water partition coefficient (Wildman–Crippen LogP) is 2.12. The van der Waals surface area contributed by atoms with E-state index in [0.717, 1.165) is 13.1 Å². The molecular weight excluding hydrogens is 365 g/mol. The number of esters is 1. The first-order valence-electron chi connectivity index (χ1n) is 8.45. The number of nitrogens with two attached hydrogens (primary N) is 1. The molecule has 0 saturated carbocycles. The molecule has 0 unspecified atom stereocenters. The zero-order valence-corrected chi connectivity index (χ0v) is 14.7. The summed E-state index contributed by atoms with van der Waals surface area (Å²) in [5, 5.41) is 7.08. The van der Waals surface area contributed by atoms with Gasteiger partial charge < -0.3 is 20.1 Å². The van der Waals surface area contributed by atoms with Gasteiger partial charge in [0.1, 0.15) is 24.7 Å². The Morgan fingerprint density at radius 1 is 1.29 bits per heavy atom. The maximum Gasteiger partial charge on any atom is 0.313 e. The van der Waals surface area contributed by atoms with Crippen LogP contribution in [0.2, 0.25) is 0 Å². The Labute approximate surface area is 163 Å². The van der Waals surface area contributed by atoms with E-state index in [1.54, 1.807) is 18.5 Å². The lowest BCUT2D eigenvalue weighted by Gasteiger charge is -2.26. The lowest BCUT2D eigenvalue weighted by molar-refractivity contribution is -0.143. The monoisotopic (exact) mass is 389 g/mol. The number of morpholine rings is 1. The van der Waals surface area contributed by atoms with Gasteiger partial charge in [0.05, 0.1) is 13.2 Å². The number of nitrogens with zero attached hydrogens (tertiary/aromatic N) is 3. The van der Waals surface area contributed by atoms with Crippen molar-refractivity contribution in [2.75, 3.05) is 31.2 Å². The Bertz CT molecular complexity index is 823. The van der Waals surface area contributed by atoms with Crippen LogP contribution < -0.4 is 10.6 Å². The summed E-state index contributed by atoms with van der Waals surface area (Å²) in [4.78, 5) is 22.1. The number of rotatable bonds is 6. The molecule has 1 aliphatic rings. The summed E-state index contributed by atoms with van der Waals surface area (Å²) in [5.41, 5.74) is 6.62. The van der Waals surface area contributed by atoms with Crippen LogP contribution in [0.1, 0.15) is 19.4 Å². The van der Waals surface area contributed by atoms with Crippen molar-refractivity contribution in [3.05, 3.63) is 42.0 Å². The van der Waals surface area contributed by atoms with Crippen LogP contribution in [0.25, 0.3) is 11.1 Å². The van der Waals surface area contributed by atoms with Crippen LogP contribution in [0.3, 0.4) is 0 Å². The molecule has 1 fully saturated rings. The lowest BCUT2D eigenvalue weighted by Crippen LogP contribution is -2.37. The van der Waals surface area contributed by atoms with Gasteiger partial charge in [0.25, 0.3) is 0 Å². The van der Waals surface area contributed by atoms with E-state index in [-0.39, 0.29) is 26.3 Å². The van der Waals surface area contributed by atoms with Crippen molar-refractivity contribution in [3.63, 3.8) is 0 Å². The predicted molar refractivity (Wildman–Crippen MR) is 104 cm³/mol. The average molecular weight is 389 g/mol. The molecule has 1 saturated heterocycles. The Morgan fingerprint density at radius 2 is 1.96 bits per heavy atom. The van der Waals surface area contributed by atoms with E-state index in [2.05, 4.69) is 9.97 Å². The van der Waals surface area contributed by atoms with Crippen LogP contribution in [0.4, 0.5) is 10.3 Å². The van der Waals surface area contributed by atoms with Gasteiger partial charge in [-0.05, 0) is 17.7 Å². The van der Waals surface area contributed by atoms with Crippen LogP contribution in [0.15, 0.2) is 30.6 Å². The van der Waals surface area contributed by atoms with Gasteiger partial charge in [-0.1, -0.05) is 13.5 Å². The maximum atomic E-state index is 14.2. The summed E-state index contributed by atoms with van der Waals surface area (Å²) in [6.07, 6.45) is 2.87. The number of carbonyl (C=O) groups is 1. The molecule has 1 aromatic heterocycles. The molecule has 28 heavy (non-hydrogen) atoms. The van der Waals surface area contributed by atoms with Crippen molar-refractivity contribution >= 4 is 17.8 Å². The molecule has 0 radical (unpaired) electrons. The van der Waals surface area contributed by atoms with Gasteiger partial charge in [-0.25, -0.2) is 14.4 Å². The fourth-order valence-corrected chi connectivity index (χ4v) is 2.64. The van der Waals surface area contributed by atoms with Gasteiger partial charge in [0.15, 0.2) is 0 Å². The van der Waals surface area contributed by atoms with Crippen molar-refractivity contribution in [1.82, 2.24) is 9.97 Å². The van der Waals surface area contributed by atoms with E-state index in [0.29, 0.717) is 35.9 Å². The topological polar surface area (TPSA) is 114 Å². The van der Waals surface area contributed by atoms with Crippen LogP contribution in [-0.2, 0) is 20.9 Å². The van der Waals surface area contributed by atoms with Gasteiger partial charge in [-0.2, -0.15) is 0 Å². The minimum atomic E-state index is -0.605. The van der Waals surface area contributed by atoms with Crippen LogP contribution in [0, 0.1) is 11.2 Å². The number of carbonyl (C=O) groups excluding carboxylic acids is 1. The lowest BCUT2D eigenvalue weighted by atomic mass is 10.1. The number of hydrogen-bond acceptors (Lipinski definition) is 7. The molecule has 1 aliphatic heterocycles. The van der Waals surface area contributed by atoms with Crippen molar-refractivity contribution < 1.29 is 18.7 Å². The number of anilines is 1. The highest BCUT2D eigenvalue weighted by molar-refractivity contribution is 5.94. The van der Waals surface area contributed by atoms with E-state index < -0.39 is 11.8 Å². The summed E-state index contributed by atoms with van der Waals surface area (Å²) in [5.74, 6) is -0.711. The van der Waals surface area contributed by atoms with Crippen molar-refractivity contribution in [3.8, 4) is 11.1 Å². The first-order chi connectivity index (χ1) is 13.0. The van der Waals surface area contributed by atoms with Gasteiger partial charge in [0.2, 0.25) is 5.95 Å². The SMILES string of the molecule is C.N=C(N)CC(=O)OCc1ccc(F)c(-c2cnc(N3CCOCC3)nc2)c1. The fraction of sp³-hybridized carbons (Fsp3) is 0.368. The summed E-state index contributed by atoms with van der Waals surface area (Å²) < 4.78 is 24.6. The number of hydrogen-bond donors (Lipinski definition) is 2. The number of ether oxygens (including phenoxy) is 2. The maximum absolute atomic E-state index is 14.2. The first kappa shape index (κ1) is 21.2. The zero-order valence-electron chi connectivity index (χ0n) is 14.7. The van der Waals surface area contributed by atoms with Gasteiger partial charge in [0, 0.05) is 36.6 Å². The van der Waals surface area contributed by atoms with E-state index >= 15 is 0 Å². The second-order valence-corrected chi connectivity index (χ2v) is 6.05. The molecule has 0 bridgehead atoms. The van der Waals surface area contributed by atoms with Crippen molar-refractivity contribution in [2.45, 2.75) is 20.5 Å². The molecule has 0 amide bonds. The Morgan fingerprint density at radius 3 is 2.61 bits per heavy atom. The van der Waals surface area contributed by atoms with E-state index in [4.69, 9.17) is 20.6 Å². The summed E-state index contributed by atoms with van der Waals surface area (Å²) in [7, 11) is 0. The second kappa shape index (κ2) is 9.75. The van der Waals surface area contributed by atoms with E-state index in [1.807, 2.05) is 4.90 Å². The third-order valence-electron chi connectivity index (χ3n) is 4.01. The Kier molecular flexibility index (Phi) is 7.39. The minimum Gasteiger partial charge on any atom is -0.460 e. The Balaban J connectivity index is 0.00000280. The van der Waals surface area contributed by atoms with Crippen LogP contribution in [0.5, 0.6) is 0 Å². The van der Waals surface area contributed by atoms with Gasteiger partial charge in [-0.3, -0.25) is 10.2 Å². The van der Waals surface area contributed by atoms with Crippen LogP contribution >= 0.6 is 0 Å². The van der Waals surface area contributed by atoms with Gasteiger partial charge >= 0.3 is 5.97 Å². The molecule has 2 aromatic rings. The van der Waals surface area contributed by atoms with Crippen molar-refractivity contribution in [2.24, 2.45) is 5.73 Å². The van der Waals surface area contributed by atoms with E-state index in [9.17, 15) is 9.18 Å². The molecule has 2 heterocycles. The second-order valence-electron chi connectivity index (χ2n) is 6.05. The van der Waals surface area contributed by atoms with Crippen molar-refractivity contribution in [1.29, 1.82) is 5.41 Å². The molecule has 150 valence electrons. The molecule has 0 atom stereocenters. The number of nitrogens with one attached hydrogen (secondary N) is 1. The smallest absolute Gasteiger partial charge is 0.313 e. The van der Waals surface area contributed by atoms with E-state index in [1.165, 1.54) is 12.1 Å². The highest BCUT2D eigenvalue weighted by atomic mass is 19.1. The third kappa shape index (κ3) is 5.46. The largest absolute Gasteiger partial charge is 0.460 e. The number of halogens is 1. The molecule has 3 N–H and O–H groups in total. The number of amidine groups is 1. The standard InChI is InChI=1S/C18H20FN5O3.CH4/c19-15-2-1-12(11-27-17(25)8-16(20)21)7-14(15)13-9-22-18(23-10-13)24-3-5-26-6-4-24;/h1-2,7,9-10H,3-6,8,11H2,(H3,20,21);1H4. The fourth-order valence-electron chi connectivity index (χ4n) is 2.64. The highest BCUT2D eigenvalue weighted by Gasteiger charge is 2.15. The summed E-state index contributed by atoms with van der Waals surface area (Å²) >= 11 is 0. The zero-order chi connectivity index (χ0) is 19.2. The summed E-state index contributed by atoms with van der Waals surface area (Å²) in [6, 6.07) is 4.42. The average Bonchev–Trinajstić information content (AvgIpc) is 2.68. The molecular formula is C19H24FN5O3. The summed E-state index contributed by atoms with van der Waals surface area (Å²) in [6.45, 7) is 2.66. The quantitative estimate of drug-likeness (QED) is 0.442. The molecule has 9 heteroatoms. The number of benzene rings is 1. The molecule has 0 aliphatic carbocycles. The minimum absolute atomic E-state index is 0. The molecule has 0 spiro atoms. The molecule has 1 aromatic carbocycles.